The number of hydrogen-bond donors (Lipinski definition) is 0. The van der Waals surface area contributed by atoms with Gasteiger partial charge in [-0.25, -0.2) is 0 Å². The van der Waals surface area contributed by atoms with Crippen molar-refractivity contribution in [1.82, 2.24) is 0 Å². The minimum atomic E-state index is -0.216. The quantitative estimate of drug-likeness (QED) is 0.156. The van der Waals surface area contributed by atoms with E-state index >= 15 is 0 Å². The first kappa shape index (κ1) is 33.2. The van der Waals surface area contributed by atoms with Gasteiger partial charge >= 0.3 is 0 Å². The van der Waals surface area contributed by atoms with Crippen LogP contribution in [0.5, 0.6) is 0 Å². The largest absolute Gasteiger partial charge is 0.310 e. The van der Waals surface area contributed by atoms with Gasteiger partial charge in [-0.2, -0.15) is 0 Å². The third kappa shape index (κ3) is 6.06. The van der Waals surface area contributed by atoms with E-state index in [4.69, 9.17) is 0 Å². The molecule has 0 unspecified atom stereocenters. The molecule has 0 spiro atoms. The number of hydrogen-bond acceptors (Lipinski definition) is 2. The average molecular weight is 695 g/mol. The average Bonchev–Trinajstić information content (AvgIpc) is 3.45. The minimum Gasteiger partial charge on any atom is -0.310 e. The minimum absolute atomic E-state index is 0.216. The lowest BCUT2D eigenvalue weighted by Crippen LogP contribution is -2.17. The molecule has 0 radical (unpaired) electrons. The molecule has 260 valence electrons. The van der Waals surface area contributed by atoms with E-state index in [-0.39, 0.29) is 5.41 Å². The van der Waals surface area contributed by atoms with E-state index in [1.165, 1.54) is 50.1 Å². The molecule has 8 aromatic carbocycles. The molecule has 0 amide bonds. The Hall–Kier alpha value is -6.64. The SMILES string of the molecule is Cc1ccc(N(c2ccccc2)c2ccc3c(c2)C(C)(C)c2cc(N(c4ccc(-c5ccccc5)cc4)c4ccc(-c5ccccc5)cc4)ccc2-3)cc1. The molecule has 0 fully saturated rings. The van der Waals surface area contributed by atoms with Crippen molar-refractivity contribution in [2.75, 3.05) is 9.80 Å². The van der Waals surface area contributed by atoms with Crippen LogP contribution >= 0.6 is 0 Å². The predicted molar refractivity (Wildman–Crippen MR) is 229 cm³/mol. The van der Waals surface area contributed by atoms with E-state index in [1.54, 1.807) is 0 Å². The number of para-hydroxylation sites is 1. The van der Waals surface area contributed by atoms with E-state index < -0.39 is 0 Å². The Kier molecular flexibility index (Phi) is 8.44. The van der Waals surface area contributed by atoms with Gasteiger partial charge in [0.2, 0.25) is 0 Å². The zero-order chi connectivity index (χ0) is 36.6. The molecular weight excluding hydrogens is 653 g/mol. The molecule has 2 heteroatoms. The van der Waals surface area contributed by atoms with Crippen LogP contribution in [-0.4, -0.2) is 0 Å². The molecular formula is C52H42N2. The van der Waals surface area contributed by atoms with Gasteiger partial charge < -0.3 is 9.80 Å². The van der Waals surface area contributed by atoms with Crippen LogP contribution in [0.2, 0.25) is 0 Å². The van der Waals surface area contributed by atoms with Gasteiger partial charge in [0.15, 0.2) is 0 Å². The summed E-state index contributed by atoms with van der Waals surface area (Å²) in [5.41, 5.74) is 18.0. The number of aryl methyl sites for hydroxylation is 1. The topological polar surface area (TPSA) is 6.48 Å². The Morgan fingerprint density at radius 3 is 1.04 bits per heavy atom. The number of benzene rings is 8. The Labute approximate surface area is 319 Å². The first-order chi connectivity index (χ1) is 26.4. The van der Waals surface area contributed by atoms with E-state index in [2.05, 4.69) is 231 Å². The second-order valence-electron chi connectivity index (χ2n) is 14.8. The maximum absolute atomic E-state index is 2.42. The summed E-state index contributed by atoms with van der Waals surface area (Å²) in [7, 11) is 0. The molecule has 0 bridgehead atoms. The number of nitrogens with zero attached hydrogens (tertiary/aromatic N) is 2. The van der Waals surface area contributed by atoms with Crippen molar-refractivity contribution in [3.8, 4) is 33.4 Å². The first-order valence-corrected chi connectivity index (χ1v) is 18.8. The second-order valence-corrected chi connectivity index (χ2v) is 14.8. The van der Waals surface area contributed by atoms with Crippen LogP contribution < -0.4 is 9.80 Å². The first-order valence-electron chi connectivity index (χ1n) is 18.8. The van der Waals surface area contributed by atoms with Crippen molar-refractivity contribution in [2.24, 2.45) is 0 Å². The lowest BCUT2D eigenvalue weighted by molar-refractivity contribution is 0.660. The maximum atomic E-state index is 2.42. The fourth-order valence-electron chi connectivity index (χ4n) is 8.02. The lowest BCUT2D eigenvalue weighted by atomic mass is 9.82. The Morgan fingerprint density at radius 1 is 0.315 bits per heavy atom. The van der Waals surface area contributed by atoms with Crippen molar-refractivity contribution in [3.05, 3.63) is 217 Å². The number of anilines is 6. The standard InChI is InChI=1S/C52H42N2/c1-37-19-25-43(26-20-37)53(42-17-11-6-12-18-42)46-31-33-48-49-34-32-47(36-51(49)52(2,3)50(48)35-46)54(44-27-21-40(22-28-44)38-13-7-4-8-14-38)45-29-23-41(24-30-45)39-15-9-5-10-16-39/h4-36H,1-3H3. The zero-order valence-electron chi connectivity index (χ0n) is 30.9. The van der Waals surface area contributed by atoms with Gasteiger partial charge in [0.1, 0.15) is 0 Å². The molecule has 8 aromatic rings. The molecule has 0 atom stereocenters. The summed E-state index contributed by atoms with van der Waals surface area (Å²) in [6, 6.07) is 72.6. The van der Waals surface area contributed by atoms with Crippen molar-refractivity contribution in [2.45, 2.75) is 26.2 Å². The highest BCUT2D eigenvalue weighted by Gasteiger charge is 2.37. The molecule has 0 aromatic heterocycles. The van der Waals surface area contributed by atoms with E-state index in [0.29, 0.717) is 0 Å². The molecule has 0 N–H and O–H groups in total. The van der Waals surface area contributed by atoms with Crippen LogP contribution in [0.3, 0.4) is 0 Å². The number of rotatable bonds is 8. The molecule has 0 saturated carbocycles. The zero-order valence-corrected chi connectivity index (χ0v) is 30.9. The summed E-state index contributed by atoms with van der Waals surface area (Å²) < 4.78 is 0. The predicted octanol–water partition coefficient (Wildman–Crippen LogP) is 14.6. The summed E-state index contributed by atoms with van der Waals surface area (Å²) >= 11 is 0. The highest BCUT2D eigenvalue weighted by Crippen LogP contribution is 2.52. The van der Waals surface area contributed by atoms with Gasteiger partial charge in [-0.1, -0.05) is 147 Å². The second kappa shape index (κ2) is 13.7. The van der Waals surface area contributed by atoms with Gasteiger partial charge in [0, 0.05) is 39.5 Å². The maximum Gasteiger partial charge on any atom is 0.0465 e. The van der Waals surface area contributed by atoms with E-state index in [1.807, 2.05) is 0 Å². The van der Waals surface area contributed by atoms with Crippen LogP contribution in [-0.2, 0) is 5.41 Å². The molecule has 54 heavy (non-hydrogen) atoms. The molecule has 0 heterocycles. The van der Waals surface area contributed by atoms with Gasteiger partial charge in [-0.15, -0.1) is 0 Å². The van der Waals surface area contributed by atoms with Gasteiger partial charge in [0.25, 0.3) is 0 Å². The van der Waals surface area contributed by atoms with Crippen LogP contribution in [0.1, 0.15) is 30.5 Å². The third-order valence-electron chi connectivity index (χ3n) is 10.9. The van der Waals surface area contributed by atoms with E-state index in [0.717, 1.165) is 34.1 Å². The third-order valence-corrected chi connectivity index (χ3v) is 10.9. The highest BCUT2D eigenvalue weighted by atomic mass is 15.1. The van der Waals surface area contributed by atoms with Crippen molar-refractivity contribution in [3.63, 3.8) is 0 Å². The molecule has 0 aliphatic heterocycles. The fourth-order valence-corrected chi connectivity index (χ4v) is 8.02. The van der Waals surface area contributed by atoms with E-state index in [9.17, 15) is 0 Å². The molecule has 0 saturated heterocycles. The molecule has 9 rings (SSSR count). The lowest BCUT2D eigenvalue weighted by Gasteiger charge is -2.29. The van der Waals surface area contributed by atoms with Gasteiger partial charge in [0.05, 0.1) is 0 Å². The highest BCUT2D eigenvalue weighted by molar-refractivity contribution is 5.89. The Bertz CT molecular complexity index is 2450. The number of fused-ring (bicyclic) bond motifs is 3. The Balaban J connectivity index is 1.13. The van der Waals surface area contributed by atoms with Gasteiger partial charge in [-0.3, -0.25) is 0 Å². The van der Waals surface area contributed by atoms with Gasteiger partial charge in [-0.05, 0) is 124 Å². The summed E-state index contributed by atoms with van der Waals surface area (Å²) in [5.74, 6) is 0. The molecule has 1 aliphatic carbocycles. The fraction of sp³-hybridized carbons (Fsp3) is 0.0769. The van der Waals surface area contributed by atoms with Crippen molar-refractivity contribution < 1.29 is 0 Å². The summed E-state index contributed by atoms with van der Waals surface area (Å²) in [5, 5.41) is 0. The smallest absolute Gasteiger partial charge is 0.0465 e. The molecule has 2 nitrogen and oxygen atoms in total. The monoisotopic (exact) mass is 694 g/mol. The normalized spacial score (nSPS) is 12.5. The Morgan fingerprint density at radius 2 is 0.630 bits per heavy atom. The summed E-state index contributed by atoms with van der Waals surface area (Å²) in [6.07, 6.45) is 0. The van der Waals surface area contributed by atoms with Crippen molar-refractivity contribution in [1.29, 1.82) is 0 Å². The van der Waals surface area contributed by atoms with Crippen molar-refractivity contribution >= 4 is 34.1 Å². The molecule has 1 aliphatic rings. The van der Waals surface area contributed by atoms with Crippen LogP contribution in [0, 0.1) is 6.92 Å². The van der Waals surface area contributed by atoms with Crippen LogP contribution in [0.25, 0.3) is 33.4 Å². The summed E-state index contributed by atoms with van der Waals surface area (Å²) in [4.78, 5) is 4.76. The van der Waals surface area contributed by atoms with Crippen LogP contribution in [0.15, 0.2) is 200 Å². The van der Waals surface area contributed by atoms with Crippen LogP contribution in [0.4, 0.5) is 34.1 Å². The summed E-state index contributed by atoms with van der Waals surface area (Å²) in [6.45, 7) is 6.88.